The maximum atomic E-state index is 10.8. The monoisotopic (exact) mass is 293 g/mol. The summed E-state index contributed by atoms with van der Waals surface area (Å²) >= 11 is 3.34. The second-order valence-corrected chi connectivity index (χ2v) is 3.86. The molecule has 1 aromatic rings. The lowest BCUT2D eigenvalue weighted by Gasteiger charge is -2.10. The van der Waals surface area contributed by atoms with E-state index in [9.17, 15) is 9.90 Å². The van der Waals surface area contributed by atoms with E-state index in [2.05, 4.69) is 21.2 Å². The van der Waals surface area contributed by atoms with Crippen molar-refractivity contribution in [2.24, 2.45) is 0 Å². The number of halogens is 2. The Morgan fingerprint density at radius 3 is 2.87 bits per heavy atom. The van der Waals surface area contributed by atoms with Gasteiger partial charge in [0.25, 0.3) is 0 Å². The fourth-order valence-electron chi connectivity index (χ4n) is 1.35. The number of carbonyl (C=O) groups excluding carboxylic acids is 1. The van der Waals surface area contributed by atoms with Crippen LogP contribution in [0.1, 0.15) is 11.6 Å². The fourth-order valence-corrected chi connectivity index (χ4v) is 1.87. The van der Waals surface area contributed by atoms with Crippen LogP contribution in [0.5, 0.6) is 5.75 Å². The van der Waals surface area contributed by atoms with E-state index in [1.165, 1.54) is 0 Å². The van der Waals surface area contributed by atoms with Crippen molar-refractivity contribution in [3.8, 4) is 5.75 Å². The fraction of sp³-hybridized carbons (Fsp3) is 0.222. The van der Waals surface area contributed by atoms with E-state index < -0.39 is 6.09 Å². The molecule has 0 aliphatic carbocycles. The van der Waals surface area contributed by atoms with Crippen molar-refractivity contribution in [1.29, 1.82) is 0 Å². The Kier molecular flexibility index (Phi) is 3.82. The first kappa shape index (κ1) is 12.1. The van der Waals surface area contributed by atoms with Crippen LogP contribution in [0.15, 0.2) is 22.7 Å². The number of alkyl carbamates (subject to hydrolysis) is 1. The van der Waals surface area contributed by atoms with Gasteiger partial charge in [0.05, 0.1) is 6.04 Å². The number of benzene rings is 1. The summed E-state index contributed by atoms with van der Waals surface area (Å²) in [6, 6.07) is 4.72. The molecule has 2 N–H and O–H groups in total. The molecule has 1 aromatic carbocycles. The van der Waals surface area contributed by atoms with Crippen LogP contribution in [0.25, 0.3) is 0 Å². The van der Waals surface area contributed by atoms with Crippen LogP contribution in [-0.4, -0.2) is 17.8 Å². The Labute approximate surface area is 101 Å². The van der Waals surface area contributed by atoms with Gasteiger partial charge in [-0.05, 0) is 23.8 Å². The third kappa shape index (κ3) is 2.54. The van der Waals surface area contributed by atoms with Gasteiger partial charge >= 0.3 is 6.09 Å². The van der Waals surface area contributed by atoms with Gasteiger partial charge in [-0.2, -0.15) is 0 Å². The summed E-state index contributed by atoms with van der Waals surface area (Å²) in [5.41, 5.74) is 0.816. The van der Waals surface area contributed by atoms with Gasteiger partial charge < -0.3 is 15.2 Å². The van der Waals surface area contributed by atoms with Gasteiger partial charge in [0.15, 0.2) is 0 Å². The Morgan fingerprint density at radius 1 is 1.53 bits per heavy atom. The van der Waals surface area contributed by atoms with Crippen LogP contribution in [0, 0.1) is 0 Å². The molecule has 1 heterocycles. The molecule has 2 rings (SSSR count). The third-order valence-corrected chi connectivity index (χ3v) is 2.75. The Morgan fingerprint density at radius 2 is 2.27 bits per heavy atom. The van der Waals surface area contributed by atoms with Crippen LogP contribution in [0.3, 0.4) is 0 Å². The molecular weight excluding hydrogens is 285 g/mol. The maximum Gasteiger partial charge on any atom is 0.407 e. The molecule has 0 bridgehead atoms. The molecule has 1 aliphatic rings. The second kappa shape index (κ2) is 4.72. The molecule has 1 aliphatic heterocycles. The van der Waals surface area contributed by atoms with Crippen LogP contribution in [0.4, 0.5) is 4.79 Å². The Hall–Kier alpha value is -0.940. The van der Waals surface area contributed by atoms with Crippen LogP contribution < -0.4 is 5.32 Å². The third-order valence-electron chi connectivity index (χ3n) is 2.03. The van der Waals surface area contributed by atoms with Crippen molar-refractivity contribution in [1.82, 2.24) is 5.32 Å². The quantitative estimate of drug-likeness (QED) is 0.836. The summed E-state index contributed by atoms with van der Waals surface area (Å²) in [6.45, 7) is 0.293. The van der Waals surface area contributed by atoms with Crippen molar-refractivity contribution >= 4 is 34.4 Å². The lowest BCUT2D eigenvalue weighted by Crippen LogP contribution is -2.18. The zero-order chi connectivity index (χ0) is 10.1. The average molecular weight is 295 g/mol. The van der Waals surface area contributed by atoms with Crippen molar-refractivity contribution in [3.63, 3.8) is 0 Å². The average Bonchev–Trinajstić information content (AvgIpc) is 2.56. The lowest BCUT2D eigenvalue weighted by molar-refractivity contribution is 0.177. The van der Waals surface area contributed by atoms with E-state index in [-0.39, 0.29) is 24.2 Å². The molecule has 0 radical (unpaired) electrons. The molecular formula is C9H9BrClNO3. The zero-order valence-electron chi connectivity index (χ0n) is 7.57. The van der Waals surface area contributed by atoms with Crippen molar-refractivity contribution < 1.29 is 14.6 Å². The zero-order valence-corrected chi connectivity index (χ0v) is 9.97. The first-order valence-corrected chi connectivity index (χ1v) is 4.88. The maximum absolute atomic E-state index is 10.8. The minimum atomic E-state index is -0.426. The van der Waals surface area contributed by atoms with Gasteiger partial charge in [0, 0.05) is 4.47 Å². The van der Waals surface area contributed by atoms with E-state index >= 15 is 0 Å². The Balaban J connectivity index is 0.00000112. The molecule has 0 spiro atoms. The summed E-state index contributed by atoms with van der Waals surface area (Å²) in [5.74, 6) is 0.171. The van der Waals surface area contributed by atoms with Crippen molar-refractivity contribution in [3.05, 3.63) is 28.2 Å². The molecule has 1 atom stereocenters. The molecule has 6 heteroatoms. The summed E-state index contributed by atoms with van der Waals surface area (Å²) in [4.78, 5) is 10.8. The number of phenolic OH excluding ortho intramolecular Hbond substituents is 1. The van der Waals surface area contributed by atoms with Gasteiger partial charge in [0.2, 0.25) is 0 Å². The SMILES string of the molecule is Cl.O=C1N[C@H](c2cc(O)ccc2Br)CO1. The Bertz CT molecular complexity index is 386. The van der Waals surface area contributed by atoms with Crippen LogP contribution >= 0.6 is 28.3 Å². The number of amides is 1. The summed E-state index contributed by atoms with van der Waals surface area (Å²) in [7, 11) is 0. The number of phenols is 1. The largest absolute Gasteiger partial charge is 0.508 e. The van der Waals surface area contributed by atoms with Gasteiger partial charge in [-0.15, -0.1) is 12.4 Å². The lowest BCUT2D eigenvalue weighted by atomic mass is 10.1. The summed E-state index contributed by atoms with van der Waals surface area (Å²) in [5, 5.41) is 11.9. The molecule has 0 unspecified atom stereocenters. The van der Waals surface area contributed by atoms with Gasteiger partial charge in [-0.25, -0.2) is 4.79 Å². The van der Waals surface area contributed by atoms with E-state index in [1.807, 2.05) is 0 Å². The number of rotatable bonds is 1. The highest BCUT2D eigenvalue weighted by Gasteiger charge is 2.25. The first-order valence-electron chi connectivity index (χ1n) is 4.08. The number of ether oxygens (including phenoxy) is 1. The van der Waals surface area contributed by atoms with E-state index in [1.54, 1.807) is 18.2 Å². The highest BCUT2D eigenvalue weighted by atomic mass is 79.9. The predicted molar refractivity (Wildman–Crippen MR) is 60.3 cm³/mol. The molecule has 1 fully saturated rings. The van der Waals surface area contributed by atoms with Gasteiger partial charge in [-0.3, -0.25) is 0 Å². The number of hydrogen-bond acceptors (Lipinski definition) is 3. The minimum absolute atomic E-state index is 0. The number of aromatic hydroxyl groups is 1. The molecule has 1 amide bonds. The number of carbonyl (C=O) groups is 1. The molecule has 0 aromatic heterocycles. The van der Waals surface area contributed by atoms with Crippen LogP contribution in [-0.2, 0) is 4.74 Å². The molecule has 82 valence electrons. The van der Waals surface area contributed by atoms with Crippen LogP contribution in [0.2, 0.25) is 0 Å². The highest BCUT2D eigenvalue weighted by Crippen LogP contribution is 2.29. The number of nitrogens with one attached hydrogen (secondary N) is 1. The highest BCUT2D eigenvalue weighted by molar-refractivity contribution is 9.10. The normalized spacial score (nSPS) is 19.0. The van der Waals surface area contributed by atoms with E-state index in [0.29, 0.717) is 6.61 Å². The minimum Gasteiger partial charge on any atom is -0.508 e. The van der Waals surface area contributed by atoms with Gasteiger partial charge in [-0.1, -0.05) is 15.9 Å². The number of cyclic esters (lactones) is 1. The van der Waals surface area contributed by atoms with Crippen molar-refractivity contribution in [2.75, 3.05) is 6.61 Å². The molecule has 1 saturated heterocycles. The first-order chi connectivity index (χ1) is 6.66. The topological polar surface area (TPSA) is 58.6 Å². The predicted octanol–water partition coefficient (Wildman–Crippen LogP) is 2.36. The standard InChI is InChI=1S/C9H8BrNO3.ClH/c10-7-2-1-5(12)3-6(7)8-4-14-9(13)11-8;/h1-3,8,12H,4H2,(H,11,13);1H/t8-;/m0./s1. The summed E-state index contributed by atoms with van der Waals surface area (Å²) < 4.78 is 5.60. The van der Waals surface area contributed by atoms with Crippen molar-refractivity contribution in [2.45, 2.75) is 6.04 Å². The number of hydrogen-bond donors (Lipinski definition) is 2. The van der Waals surface area contributed by atoms with E-state index in [4.69, 9.17) is 4.74 Å². The van der Waals surface area contributed by atoms with E-state index in [0.717, 1.165) is 10.0 Å². The smallest absolute Gasteiger partial charge is 0.407 e. The second-order valence-electron chi connectivity index (χ2n) is 3.00. The molecule has 0 saturated carbocycles. The molecule has 15 heavy (non-hydrogen) atoms. The summed E-state index contributed by atoms with van der Waals surface area (Å²) in [6.07, 6.45) is -0.426. The van der Waals surface area contributed by atoms with Gasteiger partial charge in [0.1, 0.15) is 12.4 Å². The molecule has 4 nitrogen and oxygen atoms in total.